The summed E-state index contributed by atoms with van der Waals surface area (Å²) in [5, 5.41) is 6.37. The molecule has 3 amide bonds. The highest BCUT2D eigenvalue weighted by atomic mass is 35.5. The maximum Gasteiger partial charge on any atom is 0.240 e. The second-order valence-corrected chi connectivity index (χ2v) is 8.71. The van der Waals surface area contributed by atoms with Gasteiger partial charge in [0.05, 0.1) is 23.5 Å². The van der Waals surface area contributed by atoms with Gasteiger partial charge in [-0.2, -0.15) is 0 Å². The van der Waals surface area contributed by atoms with Crippen LogP contribution in [0.15, 0.2) is 78.5 Å². The van der Waals surface area contributed by atoms with Crippen molar-refractivity contribution in [2.75, 3.05) is 10.2 Å². The van der Waals surface area contributed by atoms with E-state index in [1.54, 1.807) is 29.2 Å². The summed E-state index contributed by atoms with van der Waals surface area (Å²) < 4.78 is 0. The third kappa shape index (κ3) is 4.32. The van der Waals surface area contributed by atoms with Crippen LogP contribution in [0, 0.1) is 0 Å². The lowest BCUT2D eigenvalue weighted by atomic mass is 9.91. The van der Waals surface area contributed by atoms with Crippen molar-refractivity contribution in [1.82, 2.24) is 5.32 Å². The molecule has 2 aliphatic rings. The summed E-state index contributed by atoms with van der Waals surface area (Å²) in [6, 6.07) is 22.2. The summed E-state index contributed by atoms with van der Waals surface area (Å²) in [7, 11) is 0. The number of hydrogen-bond acceptors (Lipinski definition) is 3. The molecular weight excluding hydrogens is 450 g/mol. The highest BCUT2D eigenvalue weighted by Gasteiger charge is 2.33. The summed E-state index contributed by atoms with van der Waals surface area (Å²) in [6.45, 7) is 0. The number of nitrogens with one attached hydrogen (secondary N) is 2. The van der Waals surface area contributed by atoms with Crippen LogP contribution in [0.5, 0.6) is 0 Å². The van der Waals surface area contributed by atoms with E-state index < -0.39 is 0 Å². The maximum atomic E-state index is 13.1. The molecule has 0 aromatic heterocycles. The Morgan fingerprint density at radius 2 is 1.76 bits per heavy atom. The monoisotopic (exact) mass is 471 g/mol. The Hall–Kier alpha value is -3.90. The van der Waals surface area contributed by atoms with Gasteiger partial charge in [-0.15, -0.1) is 0 Å². The summed E-state index contributed by atoms with van der Waals surface area (Å²) in [4.78, 5) is 39.9. The molecule has 170 valence electrons. The van der Waals surface area contributed by atoms with E-state index in [1.165, 1.54) is 0 Å². The molecule has 0 bridgehead atoms. The molecule has 6 nitrogen and oxygen atoms in total. The molecule has 1 aliphatic heterocycles. The number of hydrogen-bond donors (Lipinski definition) is 2. The minimum atomic E-state index is -0.332. The molecule has 0 unspecified atom stereocenters. The molecule has 2 N–H and O–H groups in total. The van der Waals surface area contributed by atoms with Gasteiger partial charge in [-0.3, -0.25) is 19.3 Å². The van der Waals surface area contributed by atoms with Crippen LogP contribution >= 0.6 is 11.6 Å². The number of aryl methyl sites for hydroxylation is 1. The number of rotatable bonds is 4. The van der Waals surface area contributed by atoms with Gasteiger partial charge in [0.25, 0.3) is 0 Å². The number of halogens is 1. The molecule has 1 heterocycles. The Morgan fingerprint density at radius 1 is 0.971 bits per heavy atom. The number of nitrogens with zero attached hydrogens (tertiary/aromatic N) is 1. The van der Waals surface area contributed by atoms with E-state index in [9.17, 15) is 14.4 Å². The highest BCUT2D eigenvalue weighted by molar-refractivity contribution is 6.31. The van der Waals surface area contributed by atoms with Gasteiger partial charge in [0, 0.05) is 16.3 Å². The van der Waals surface area contributed by atoms with Gasteiger partial charge in [-0.1, -0.05) is 60.1 Å². The van der Waals surface area contributed by atoms with E-state index in [0.29, 0.717) is 28.5 Å². The molecular formula is C27H22ClN3O3. The lowest BCUT2D eigenvalue weighted by Gasteiger charge is -2.30. The maximum absolute atomic E-state index is 13.1. The van der Waals surface area contributed by atoms with Crippen LogP contribution in [-0.4, -0.2) is 17.7 Å². The fraction of sp³-hybridized carbons (Fsp3) is 0.148. The summed E-state index contributed by atoms with van der Waals surface area (Å²) in [6.07, 6.45) is 1.26. The number of benzene rings is 3. The molecule has 5 rings (SSSR count). The summed E-state index contributed by atoms with van der Waals surface area (Å²) >= 11 is 6.18. The lowest BCUT2D eigenvalue weighted by molar-refractivity contribution is -0.126. The van der Waals surface area contributed by atoms with Crippen LogP contribution in [-0.2, 0) is 27.2 Å². The van der Waals surface area contributed by atoms with Crippen LogP contribution in [0.3, 0.4) is 0 Å². The number of allylic oxidation sites excluding steroid dienone is 1. The van der Waals surface area contributed by atoms with Crippen molar-refractivity contribution in [2.45, 2.75) is 25.7 Å². The molecule has 3 aromatic rings. The third-order valence-electron chi connectivity index (χ3n) is 6.00. The first-order chi connectivity index (χ1) is 16.5. The zero-order valence-electron chi connectivity index (χ0n) is 18.3. The van der Waals surface area contributed by atoms with E-state index in [2.05, 4.69) is 10.6 Å². The third-order valence-corrected chi connectivity index (χ3v) is 6.37. The molecule has 0 fully saturated rings. The average Bonchev–Trinajstić information content (AvgIpc) is 2.95. The van der Waals surface area contributed by atoms with Crippen LogP contribution in [0.4, 0.5) is 11.4 Å². The van der Waals surface area contributed by atoms with Crippen molar-refractivity contribution in [3.05, 3.63) is 100 Å². The fourth-order valence-electron chi connectivity index (χ4n) is 4.47. The summed E-state index contributed by atoms with van der Waals surface area (Å²) in [5.41, 5.74) is 5.39. The quantitative estimate of drug-likeness (QED) is 0.542. The number of carbonyl (C=O) groups excluding carboxylic acids is 3. The summed E-state index contributed by atoms with van der Waals surface area (Å²) in [5.74, 6) is -0.849. The molecule has 3 aromatic carbocycles. The molecule has 7 heteroatoms. The average molecular weight is 472 g/mol. The van der Waals surface area contributed by atoms with Crippen molar-refractivity contribution in [2.24, 2.45) is 0 Å². The SMILES string of the molecule is O=C1CC(=O)N(c2cccc(NC(=O)Cc3ccccc3Cl)c2)C2=C(N1)c1ccccc1CC2. The molecule has 1 aliphatic carbocycles. The Labute approximate surface area is 202 Å². The van der Waals surface area contributed by atoms with Crippen molar-refractivity contribution in [3.63, 3.8) is 0 Å². The van der Waals surface area contributed by atoms with Crippen LogP contribution in [0.25, 0.3) is 5.70 Å². The second-order valence-electron chi connectivity index (χ2n) is 8.30. The smallest absolute Gasteiger partial charge is 0.240 e. The van der Waals surface area contributed by atoms with Gasteiger partial charge < -0.3 is 10.6 Å². The Kier molecular flexibility index (Phi) is 5.90. The largest absolute Gasteiger partial charge is 0.326 e. The number of carbonyl (C=O) groups is 3. The second kappa shape index (κ2) is 9.15. The zero-order valence-corrected chi connectivity index (χ0v) is 19.1. The first-order valence-corrected chi connectivity index (χ1v) is 11.4. The van der Waals surface area contributed by atoms with E-state index in [-0.39, 0.29) is 30.6 Å². The van der Waals surface area contributed by atoms with Crippen LogP contribution in [0.2, 0.25) is 5.02 Å². The van der Waals surface area contributed by atoms with Crippen molar-refractivity contribution in [1.29, 1.82) is 0 Å². The lowest BCUT2D eigenvalue weighted by Crippen LogP contribution is -2.31. The highest BCUT2D eigenvalue weighted by Crippen LogP contribution is 2.36. The molecule has 0 saturated carbocycles. The molecule has 0 atom stereocenters. The molecule has 0 spiro atoms. The van der Waals surface area contributed by atoms with Crippen molar-refractivity contribution < 1.29 is 14.4 Å². The normalized spacial score (nSPS) is 15.3. The fourth-order valence-corrected chi connectivity index (χ4v) is 4.67. The molecule has 0 saturated heterocycles. The van der Waals surface area contributed by atoms with E-state index >= 15 is 0 Å². The van der Waals surface area contributed by atoms with Gasteiger partial charge in [0.15, 0.2) is 0 Å². The standard InChI is InChI=1S/C27H22ClN3O3/c28-22-11-4-2-7-18(22)14-24(32)29-19-8-5-9-20(15-19)31-23-13-12-17-6-1-3-10-21(17)27(23)30-25(33)16-26(31)34/h1-11,15H,12-14,16H2,(H,29,32)(H,30,33). The first-order valence-electron chi connectivity index (χ1n) is 11.1. The van der Waals surface area contributed by atoms with Crippen LogP contribution in [0.1, 0.15) is 29.5 Å². The van der Waals surface area contributed by atoms with Gasteiger partial charge in [0.1, 0.15) is 6.42 Å². The van der Waals surface area contributed by atoms with E-state index in [4.69, 9.17) is 11.6 Å². The van der Waals surface area contributed by atoms with Crippen molar-refractivity contribution in [3.8, 4) is 0 Å². The van der Waals surface area contributed by atoms with E-state index in [0.717, 1.165) is 28.8 Å². The number of amides is 3. The predicted molar refractivity (Wildman–Crippen MR) is 132 cm³/mol. The minimum Gasteiger partial charge on any atom is -0.326 e. The van der Waals surface area contributed by atoms with Gasteiger partial charge >= 0.3 is 0 Å². The minimum absolute atomic E-state index is 0.136. The Morgan fingerprint density at radius 3 is 2.62 bits per heavy atom. The molecule has 34 heavy (non-hydrogen) atoms. The first kappa shape index (κ1) is 21.9. The Balaban J connectivity index is 1.46. The topological polar surface area (TPSA) is 78.5 Å². The molecule has 0 radical (unpaired) electrons. The zero-order chi connectivity index (χ0) is 23.7. The van der Waals surface area contributed by atoms with Gasteiger partial charge in [0.2, 0.25) is 17.7 Å². The van der Waals surface area contributed by atoms with E-state index in [1.807, 2.05) is 48.5 Å². The van der Waals surface area contributed by atoms with Crippen LogP contribution < -0.4 is 15.5 Å². The van der Waals surface area contributed by atoms with Gasteiger partial charge in [-0.25, -0.2) is 0 Å². The Bertz CT molecular complexity index is 1350. The number of anilines is 2. The predicted octanol–water partition coefficient (Wildman–Crippen LogP) is 4.69. The van der Waals surface area contributed by atoms with Gasteiger partial charge in [-0.05, 0) is 48.2 Å². The number of fused-ring (bicyclic) bond motifs is 2. The van der Waals surface area contributed by atoms with Crippen molar-refractivity contribution >= 4 is 46.4 Å².